The number of anilines is 2. The van der Waals surface area contributed by atoms with Gasteiger partial charge < -0.3 is 19.9 Å². The van der Waals surface area contributed by atoms with Gasteiger partial charge in [-0.3, -0.25) is 9.78 Å². The fraction of sp³-hybridized carbons (Fsp3) is 0.429. The lowest BCUT2D eigenvalue weighted by Gasteiger charge is -2.37. The number of aryl methyl sites for hydroxylation is 1. The second kappa shape index (κ2) is 9.37. The molecule has 2 heterocycles. The summed E-state index contributed by atoms with van der Waals surface area (Å²) >= 11 is 0. The normalized spacial score (nSPS) is 14.3. The molecule has 1 amide bonds. The van der Waals surface area contributed by atoms with Crippen LogP contribution >= 0.6 is 0 Å². The number of ether oxygens (including phenoxy) is 1. The van der Waals surface area contributed by atoms with Gasteiger partial charge in [0.2, 0.25) is 0 Å². The molecule has 1 aliphatic rings. The summed E-state index contributed by atoms with van der Waals surface area (Å²) in [5, 5.41) is 2.89. The van der Waals surface area contributed by atoms with Gasteiger partial charge in [-0.1, -0.05) is 12.1 Å². The molecule has 144 valence electrons. The first kappa shape index (κ1) is 19.2. The van der Waals surface area contributed by atoms with Crippen molar-refractivity contribution in [2.45, 2.75) is 13.3 Å². The molecule has 2 aromatic rings. The Morgan fingerprint density at radius 3 is 2.48 bits per heavy atom. The number of hydrogen-bond acceptors (Lipinski definition) is 5. The first-order chi connectivity index (χ1) is 13.2. The van der Waals surface area contributed by atoms with E-state index in [-0.39, 0.29) is 5.91 Å². The van der Waals surface area contributed by atoms with Crippen molar-refractivity contribution >= 4 is 17.3 Å². The van der Waals surface area contributed by atoms with Crippen LogP contribution in [0.25, 0.3) is 0 Å². The Morgan fingerprint density at radius 2 is 1.81 bits per heavy atom. The van der Waals surface area contributed by atoms with Crippen LogP contribution in [0.4, 0.5) is 11.4 Å². The monoisotopic (exact) mass is 368 g/mol. The largest absolute Gasteiger partial charge is 0.385 e. The van der Waals surface area contributed by atoms with Crippen LogP contribution in [-0.4, -0.2) is 57.3 Å². The molecule has 6 nitrogen and oxygen atoms in total. The van der Waals surface area contributed by atoms with Gasteiger partial charge in [0.15, 0.2) is 0 Å². The molecule has 1 saturated heterocycles. The summed E-state index contributed by atoms with van der Waals surface area (Å²) in [6.45, 7) is 7.12. The Bertz CT molecular complexity index is 757. The number of methoxy groups -OCH3 is 1. The number of rotatable bonds is 7. The summed E-state index contributed by atoms with van der Waals surface area (Å²) < 4.78 is 5.00. The molecule has 0 bridgehead atoms. The minimum absolute atomic E-state index is 0.133. The molecule has 0 aliphatic carbocycles. The Hall–Kier alpha value is -2.60. The minimum atomic E-state index is -0.133. The minimum Gasteiger partial charge on any atom is -0.385 e. The SMILES string of the molecule is COCCCNC(=O)c1cc(N2CCN(c3cccc(C)c3)CC2)ccn1. The number of piperazine rings is 1. The van der Waals surface area contributed by atoms with E-state index in [1.54, 1.807) is 13.3 Å². The van der Waals surface area contributed by atoms with Crippen LogP contribution in [0.2, 0.25) is 0 Å². The number of carbonyl (C=O) groups excluding carboxylic acids is 1. The lowest BCUT2D eigenvalue weighted by molar-refractivity contribution is 0.0943. The standard InChI is InChI=1S/C21H28N4O2/c1-17-5-3-6-18(15-17)24-10-12-25(13-11-24)19-7-9-22-20(16-19)21(26)23-8-4-14-27-2/h3,5-7,9,15-16H,4,8,10-14H2,1-2H3,(H,23,26). The van der Waals surface area contributed by atoms with E-state index in [1.165, 1.54) is 11.3 Å². The van der Waals surface area contributed by atoms with Crippen molar-refractivity contribution in [1.29, 1.82) is 0 Å². The molecule has 6 heteroatoms. The number of amides is 1. The summed E-state index contributed by atoms with van der Waals surface area (Å²) in [5.41, 5.74) is 4.08. The third-order valence-corrected chi connectivity index (χ3v) is 4.80. The van der Waals surface area contributed by atoms with E-state index in [1.807, 2.05) is 12.1 Å². The van der Waals surface area contributed by atoms with E-state index in [4.69, 9.17) is 4.74 Å². The van der Waals surface area contributed by atoms with Crippen LogP contribution in [-0.2, 0) is 4.74 Å². The third-order valence-electron chi connectivity index (χ3n) is 4.80. The van der Waals surface area contributed by atoms with E-state index >= 15 is 0 Å². The fourth-order valence-electron chi connectivity index (χ4n) is 3.30. The van der Waals surface area contributed by atoms with E-state index in [2.05, 4.69) is 51.3 Å². The maximum Gasteiger partial charge on any atom is 0.269 e. The van der Waals surface area contributed by atoms with Crippen LogP contribution in [0.3, 0.4) is 0 Å². The first-order valence-corrected chi connectivity index (χ1v) is 9.47. The van der Waals surface area contributed by atoms with Gasteiger partial charge in [0.05, 0.1) is 0 Å². The second-order valence-electron chi connectivity index (χ2n) is 6.81. The molecule has 1 N–H and O–H groups in total. The summed E-state index contributed by atoms with van der Waals surface area (Å²) in [6.07, 6.45) is 2.51. The quantitative estimate of drug-likeness (QED) is 0.761. The summed E-state index contributed by atoms with van der Waals surface area (Å²) in [5.74, 6) is -0.133. The average Bonchev–Trinajstić information content (AvgIpc) is 2.71. The molecule has 1 aromatic heterocycles. The van der Waals surface area contributed by atoms with E-state index in [0.29, 0.717) is 18.8 Å². The Labute approximate surface area is 161 Å². The molecule has 0 atom stereocenters. The summed E-state index contributed by atoms with van der Waals surface area (Å²) in [4.78, 5) is 21.2. The number of aromatic nitrogens is 1. The molecule has 0 saturated carbocycles. The third kappa shape index (κ3) is 5.20. The molecule has 1 fully saturated rings. The predicted molar refractivity (Wildman–Crippen MR) is 109 cm³/mol. The van der Waals surface area contributed by atoms with Crippen molar-refractivity contribution in [2.24, 2.45) is 0 Å². The molecule has 0 unspecified atom stereocenters. The van der Waals surface area contributed by atoms with Crippen molar-refractivity contribution in [3.05, 3.63) is 53.9 Å². The highest BCUT2D eigenvalue weighted by Gasteiger charge is 2.19. The van der Waals surface area contributed by atoms with E-state index < -0.39 is 0 Å². The Kier molecular flexibility index (Phi) is 6.65. The number of carbonyl (C=O) groups is 1. The van der Waals surface area contributed by atoms with Gasteiger partial charge in [0, 0.05) is 64.0 Å². The number of hydrogen-bond donors (Lipinski definition) is 1. The maximum atomic E-state index is 12.3. The highest BCUT2D eigenvalue weighted by molar-refractivity contribution is 5.93. The number of nitrogens with zero attached hydrogens (tertiary/aromatic N) is 3. The predicted octanol–water partition coefficient (Wildman–Crippen LogP) is 2.48. The van der Waals surface area contributed by atoms with Crippen molar-refractivity contribution in [2.75, 3.05) is 56.2 Å². The molecule has 1 aliphatic heterocycles. The molecular formula is C21H28N4O2. The second-order valence-corrected chi connectivity index (χ2v) is 6.81. The fourth-order valence-corrected chi connectivity index (χ4v) is 3.30. The van der Waals surface area contributed by atoms with Gasteiger partial charge >= 0.3 is 0 Å². The van der Waals surface area contributed by atoms with Crippen LogP contribution in [0.1, 0.15) is 22.5 Å². The summed E-state index contributed by atoms with van der Waals surface area (Å²) in [6, 6.07) is 12.5. The highest BCUT2D eigenvalue weighted by Crippen LogP contribution is 2.21. The molecule has 0 radical (unpaired) electrons. The topological polar surface area (TPSA) is 57.7 Å². The van der Waals surface area contributed by atoms with Gasteiger partial charge in [0.25, 0.3) is 5.91 Å². The van der Waals surface area contributed by atoms with Gasteiger partial charge in [-0.15, -0.1) is 0 Å². The molecular weight excluding hydrogens is 340 g/mol. The Balaban J connectivity index is 1.57. The van der Waals surface area contributed by atoms with E-state index in [0.717, 1.165) is 38.3 Å². The van der Waals surface area contributed by atoms with Crippen LogP contribution in [0, 0.1) is 6.92 Å². The van der Waals surface area contributed by atoms with Crippen LogP contribution in [0.15, 0.2) is 42.6 Å². The lowest BCUT2D eigenvalue weighted by Crippen LogP contribution is -2.46. The van der Waals surface area contributed by atoms with Gasteiger partial charge in [-0.05, 0) is 43.2 Å². The average molecular weight is 368 g/mol. The molecule has 0 spiro atoms. The smallest absolute Gasteiger partial charge is 0.269 e. The van der Waals surface area contributed by atoms with Crippen LogP contribution < -0.4 is 15.1 Å². The number of nitrogens with one attached hydrogen (secondary N) is 1. The molecule has 3 rings (SSSR count). The van der Waals surface area contributed by atoms with Crippen molar-refractivity contribution in [3.8, 4) is 0 Å². The number of benzene rings is 1. The zero-order valence-corrected chi connectivity index (χ0v) is 16.1. The van der Waals surface area contributed by atoms with Gasteiger partial charge in [-0.2, -0.15) is 0 Å². The van der Waals surface area contributed by atoms with Crippen LogP contribution in [0.5, 0.6) is 0 Å². The Morgan fingerprint density at radius 1 is 1.11 bits per heavy atom. The van der Waals surface area contributed by atoms with Gasteiger partial charge in [0.1, 0.15) is 5.69 Å². The summed E-state index contributed by atoms with van der Waals surface area (Å²) in [7, 11) is 1.66. The molecule has 27 heavy (non-hydrogen) atoms. The lowest BCUT2D eigenvalue weighted by atomic mass is 10.2. The zero-order chi connectivity index (χ0) is 19.1. The maximum absolute atomic E-state index is 12.3. The molecule has 1 aromatic carbocycles. The first-order valence-electron chi connectivity index (χ1n) is 9.47. The number of pyridine rings is 1. The van der Waals surface area contributed by atoms with Crippen molar-refractivity contribution < 1.29 is 9.53 Å². The van der Waals surface area contributed by atoms with E-state index in [9.17, 15) is 4.79 Å². The van der Waals surface area contributed by atoms with Gasteiger partial charge in [-0.25, -0.2) is 0 Å². The van der Waals surface area contributed by atoms with Crippen molar-refractivity contribution in [3.63, 3.8) is 0 Å². The highest BCUT2D eigenvalue weighted by atomic mass is 16.5. The van der Waals surface area contributed by atoms with Crippen molar-refractivity contribution in [1.82, 2.24) is 10.3 Å². The zero-order valence-electron chi connectivity index (χ0n) is 16.1.